The molecule has 0 atom stereocenters. The molecule has 12 heavy (non-hydrogen) atoms. The summed E-state index contributed by atoms with van der Waals surface area (Å²) < 4.78 is 10.3. The predicted octanol–water partition coefficient (Wildman–Crippen LogP) is 0.0574. The standard InChI is InChI=1S/C8H15NO3/c9-4-1-8(10)12-7-2-5-11-6-3-7/h7H,1-6,9H2. The Labute approximate surface area is 72.0 Å². The zero-order valence-electron chi connectivity index (χ0n) is 7.12. The summed E-state index contributed by atoms with van der Waals surface area (Å²) in [6, 6.07) is 0. The van der Waals surface area contributed by atoms with Crippen LogP contribution in [0, 0.1) is 0 Å². The lowest BCUT2D eigenvalue weighted by Gasteiger charge is -2.21. The average Bonchev–Trinajstić information content (AvgIpc) is 2.06. The molecule has 1 fully saturated rings. The van der Waals surface area contributed by atoms with Gasteiger partial charge in [-0.05, 0) is 0 Å². The highest BCUT2D eigenvalue weighted by atomic mass is 16.5. The van der Waals surface area contributed by atoms with E-state index in [0.717, 1.165) is 12.8 Å². The second-order valence-electron chi connectivity index (χ2n) is 2.84. The zero-order chi connectivity index (χ0) is 8.81. The third-order valence-corrected chi connectivity index (χ3v) is 1.81. The lowest BCUT2D eigenvalue weighted by atomic mass is 10.1. The second kappa shape index (κ2) is 5.11. The number of rotatable bonds is 3. The van der Waals surface area contributed by atoms with E-state index in [9.17, 15) is 4.79 Å². The molecule has 0 aromatic carbocycles. The third-order valence-electron chi connectivity index (χ3n) is 1.81. The molecule has 0 radical (unpaired) electrons. The van der Waals surface area contributed by atoms with Crippen molar-refractivity contribution in [2.75, 3.05) is 19.8 Å². The maximum atomic E-state index is 11.0. The highest BCUT2D eigenvalue weighted by Gasteiger charge is 2.17. The lowest BCUT2D eigenvalue weighted by molar-refractivity contribution is -0.152. The van der Waals surface area contributed by atoms with Crippen molar-refractivity contribution in [1.82, 2.24) is 0 Å². The fraction of sp³-hybridized carbons (Fsp3) is 0.875. The highest BCUT2D eigenvalue weighted by Crippen LogP contribution is 2.10. The molecular formula is C8H15NO3. The second-order valence-corrected chi connectivity index (χ2v) is 2.84. The summed E-state index contributed by atoms with van der Waals surface area (Å²) in [7, 11) is 0. The van der Waals surface area contributed by atoms with Gasteiger partial charge < -0.3 is 15.2 Å². The number of esters is 1. The van der Waals surface area contributed by atoms with Crippen LogP contribution in [0.4, 0.5) is 0 Å². The molecule has 0 aliphatic carbocycles. The summed E-state index contributed by atoms with van der Waals surface area (Å²) in [4.78, 5) is 11.0. The molecule has 1 rings (SSSR count). The summed E-state index contributed by atoms with van der Waals surface area (Å²) in [6.07, 6.45) is 2.00. The van der Waals surface area contributed by atoms with E-state index in [1.165, 1.54) is 0 Å². The van der Waals surface area contributed by atoms with Crippen LogP contribution in [0.5, 0.6) is 0 Å². The SMILES string of the molecule is NCCC(=O)OC1CCOCC1. The van der Waals surface area contributed by atoms with E-state index < -0.39 is 0 Å². The van der Waals surface area contributed by atoms with Gasteiger partial charge in [0.05, 0.1) is 19.6 Å². The molecule has 70 valence electrons. The van der Waals surface area contributed by atoms with Gasteiger partial charge in [0.2, 0.25) is 0 Å². The first-order chi connectivity index (χ1) is 5.83. The lowest BCUT2D eigenvalue weighted by Crippen LogP contribution is -2.26. The van der Waals surface area contributed by atoms with Crippen LogP contribution >= 0.6 is 0 Å². The predicted molar refractivity (Wildman–Crippen MR) is 43.6 cm³/mol. The van der Waals surface area contributed by atoms with Gasteiger partial charge in [0, 0.05) is 19.4 Å². The van der Waals surface area contributed by atoms with Crippen molar-refractivity contribution < 1.29 is 14.3 Å². The van der Waals surface area contributed by atoms with Crippen LogP contribution in [0.25, 0.3) is 0 Å². The smallest absolute Gasteiger partial charge is 0.307 e. The number of hydrogen-bond acceptors (Lipinski definition) is 4. The first-order valence-corrected chi connectivity index (χ1v) is 4.30. The van der Waals surface area contributed by atoms with Crippen LogP contribution in [0.3, 0.4) is 0 Å². The number of carbonyl (C=O) groups is 1. The Morgan fingerprint density at radius 1 is 1.50 bits per heavy atom. The van der Waals surface area contributed by atoms with E-state index in [1.54, 1.807) is 0 Å². The topological polar surface area (TPSA) is 61.6 Å². The van der Waals surface area contributed by atoms with E-state index in [1.807, 2.05) is 0 Å². The number of hydrogen-bond donors (Lipinski definition) is 1. The monoisotopic (exact) mass is 173 g/mol. The van der Waals surface area contributed by atoms with Crippen LogP contribution in [0.15, 0.2) is 0 Å². The summed E-state index contributed by atoms with van der Waals surface area (Å²) in [5.74, 6) is -0.190. The Morgan fingerprint density at radius 2 is 2.17 bits per heavy atom. The van der Waals surface area contributed by atoms with Crippen LogP contribution in [0.1, 0.15) is 19.3 Å². The number of ether oxygens (including phenoxy) is 2. The molecule has 1 saturated heterocycles. The first-order valence-electron chi connectivity index (χ1n) is 4.30. The highest BCUT2D eigenvalue weighted by molar-refractivity contribution is 5.69. The molecule has 1 heterocycles. The van der Waals surface area contributed by atoms with Gasteiger partial charge in [0.25, 0.3) is 0 Å². The molecule has 0 amide bonds. The van der Waals surface area contributed by atoms with E-state index in [0.29, 0.717) is 26.2 Å². The van der Waals surface area contributed by atoms with Crippen molar-refractivity contribution in [3.8, 4) is 0 Å². The molecule has 0 aromatic heterocycles. The van der Waals surface area contributed by atoms with E-state index in [2.05, 4.69) is 0 Å². The molecule has 0 aromatic rings. The Balaban J connectivity index is 2.15. The molecule has 0 spiro atoms. The van der Waals surface area contributed by atoms with Gasteiger partial charge in [-0.15, -0.1) is 0 Å². The Hall–Kier alpha value is -0.610. The van der Waals surface area contributed by atoms with Gasteiger partial charge in [-0.3, -0.25) is 4.79 Å². The van der Waals surface area contributed by atoms with E-state index >= 15 is 0 Å². The maximum absolute atomic E-state index is 11.0. The molecule has 0 bridgehead atoms. The van der Waals surface area contributed by atoms with Crippen LogP contribution < -0.4 is 5.73 Å². The summed E-state index contributed by atoms with van der Waals surface area (Å²) in [5, 5.41) is 0. The van der Waals surface area contributed by atoms with Gasteiger partial charge in [-0.25, -0.2) is 0 Å². The van der Waals surface area contributed by atoms with Crippen molar-refractivity contribution in [1.29, 1.82) is 0 Å². The third kappa shape index (κ3) is 3.19. The molecule has 0 unspecified atom stereocenters. The normalized spacial score (nSPS) is 19.1. The Kier molecular flexibility index (Phi) is 4.04. The number of nitrogens with two attached hydrogens (primary N) is 1. The zero-order valence-corrected chi connectivity index (χ0v) is 7.12. The van der Waals surface area contributed by atoms with Crippen molar-refractivity contribution in [3.63, 3.8) is 0 Å². The molecule has 4 heteroatoms. The Bertz CT molecular complexity index is 143. The van der Waals surface area contributed by atoms with Crippen molar-refractivity contribution >= 4 is 5.97 Å². The maximum Gasteiger partial charge on any atom is 0.307 e. The quantitative estimate of drug-likeness (QED) is 0.613. The summed E-state index contributed by atoms with van der Waals surface area (Å²) in [5.41, 5.74) is 5.21. The largest absolute Gasteiger partial charge is 0.462 e. The molecule has 2 N–H and O–H groups in total. The minimum Gasteiger partial charge on any atom is -0.462 e. The van der Waals surface area contributed by atoms with Gasteiger partial charge in [0.15, 0.2) is 0 Å². The molecule has 1 aliphatic heterocycles. The van der Waals surface area contributed by atoms with Crippen LogP contribution in [0.2, 0.25) is 0 Å². The van der Waals surface area contributed by atoms with Crippen molar-refractivity contribution in [3.05, 3.63) is 0 Å². The number of carbonyl (C=O) groups excluding carboxylic acids is 1. The summed E-state index contributed by atoms with van der Waals surface area (Å²) in [6.45, 7) is 1.75. The summed E-state index contributed by atoms with van der Waals surface area (Å²) >= 11 is 0. The van der Waals surface area contributed by atoms with Gasteiger partial charge in [0.1, 0.15) is 6.10 Å². The van der Waals surface area contributed by atoms with Crippen molar-refractivity contribution in [2.45, 2.75) is 25.4 Å². The average molecular weight is 173 g/mol. The van der Waals surface area contributed by atoms with Gasteiger partial charge in [-0.2, -0.15) is 0 Å². The van der Waals surface area contributed by atoms with Gasteiger partial charge in [-0.1, -0.05) is 0 Å². The fourth-order valence-corrected chi connectivity index (χ4v) is 1.16. The minimum absolute atomic E-state index is 0.0535. The van der Waals surface area contributed by atoms with E-state index in [-0.39, 0.29) is 12.1 Å². The van der Waals surface area contributed by atoms with Gasteiger partial charge >= 0.3 is 5.97 Å². The van der Waals surface area contributed by atoms with E-state index in [4.69, 9.17) is 15.2 Å². The van der Waals surface area contributed by atoms with Crippen molar-refractivity contribution in [2.24, 2.45) is 5.73 Å². The van der Waals surface area contributed by atoms with Crippen LogP contribution in [-0.2, 0) is 14.3 Å². The fourth-order valence-electron chi connectivity index (χ4n) is 1.16. The first kappa shape index (κ1) is 9.48. The molecule has 0 saturated carbocycles. The molecular weight excluding hydrogens is 158 g/mol. The molecule has 4 nitrogen and oxygen atoms in total. The van der Waals surface area contributed by atoms with Crippen LogP contribution in [-0.4, -0.2) is 31.8 Å². The Morgan fingerprint density at radius 3 is 2.75 bits per heavy atom. The molecule has 1 aliphatic rings. The minimum atomic E-state index is -0.190.